The van der Waals surface area contributed by atoms with Crippen LogP contribution in [-0.2, 0) is 0 Å². The molecule has 3 aromatic rings. The second-order valence-corrected chi connectivity index (χ2v) is 5.34. The maximum atomic E-state index is 5.88. The molecule has 0 spiro atoms. The molecule has 0 amide bonds. The third kappa shape index (κ3) is 2.32. The first kappa shape index (κ1) is 13.2. The summed E-state index contributed by atoms with van der Waals surface area (Å²) in [5.41, 5.74) is 3.29. The summed E-state index contributed by atoms with van der Waals surface area (Å²) in [4.78, 5) is 0. The number of hydrogen-bond acceptors (Lipinski definition) is 2. The van der Waals surface area contributed by atoms with Crippen molar-refractivity contribution >= 4 is 21.9 Å². The van der Waals surface area contributed by atoms with Crippen molar-refractivity contribution in [3.8, 4) is 0 Å². The Morgan fingerprint density at radius 3 is 2.65 bits per heavy atom. The van der Waals surface area contributed by atoms with Gasteiger partial charge in [0, 0.05) is 16.8 Å². The van der Waals surface area contributed by atoms with Crippen LogP contribution in [0.1, 0.15) is 37.8 Å². The van der Waals surface area contributed by atoms with Crippen molar-refractivity contribution in [3.63, 3.8) is 0 Å². The quantitative estimate of drug-likeness (QED) is 0.700. The molecule has 0 aliphatic carbocycles. The lowest BCUT2D eigenvalue weighted by atomic mass is 9.99. The summed E-state index contributed by atoms with van der Waals surface area (Å²) >= 11 is 0. The van der Waals surface area contributed by atoms with Crippen molar-refractivity contribution < 1.29 is 4.42 Å². The number of unbranched alkanes of at least 4 members (excludes halogenated alkanes) is 1. The first-order valence-electron chi connectivity index (χ1n) is 7.42. The molecule has 1 aromatic heterocycles. The molecule has 20 heavy (non-hydrogen) atoms. The Balaban J connectivity index is 2.06. The van der Waals surface area contributed by atoms with E-state index < -0.39 is 0 Å². The Bertz CT molecular complexity index is 714. The Morgan fingerprint density at radius 2 is 1.85 bits per heavy atom. The van der Waals surface area contributed by atoms with Crippen LogP contribution in [0.4, 0.5) is 0 Å². The van der Waals surface area contributed by atoms with Crippen LogP contribution in [0.25, 0.3) is 21.9 Å². The van der Waals surface area contributed by atoms with E-state index in [-0.39, 0.29) is 0 Å². The number of para-hydroxylation sites is 1. The van der Waals surface area contributed by atoms with Crippen molar-refractivity contribution in [3.05, 3.63) is 48.0 Å². The third-order valence-corrected chi connectivity index (χ3v) is 4.00. The fraction of sp³-hybridized carbons (Fsp3) is 0.333. The summed E-state index contributed by atoms with van der Waals surface area (Å²) < 4.78 is 5.88. The maximum Gasteiger partial charge on any atom is 0.135 e. The van der Waals surface area contributed by atoms with Gasteiger partial charge in [-0.05, 0) is 37.2 Å². The van der Waals surface area contributed by atoms with Crippen LogP contribution in [0, 0.1) is 0 Å². The van der Waals surface area contributed by atoms with Crippen LogP contribution in [-0.4, -0.2) is 7.05 Å². The van der Waals surface area contributed by atoms with Crippen LogP contribution < -0.4 is 5.32 Å². The van der Waals surface area contributed by atoms with E-state index in [0.717, 1.165) is 11.2 Å². The Labute approximate surface area is 119 Å². The molecule has 0 fully saturated rings. The first-order valence-corrected chi connectivity index (χ1v) is 7.42. The van der Waals surface area contributed by atoms with Crippen molar-refractivity contribution in [1.29, 1.82) is 0 Å². The molecule has 3 rings (SSSR count). The maximum absolute atomic E-state index is 5.88. The molecule has 0 aliphatic rings. The van der Waals surface area contributed by atoms with Gasteiger partial charge in [-0.15, -0.1) is 0 Å². The standard InChI is InChI=1S/C18H21NO/c1-3-4-8-16(19-2)13-10-11-18-15(12-13)14-7-5-6-9-17(14)20-18/h5-7,9-12,16,19H,3-4,8H2,1-2H3. The zero-order valence-corrected chi connectivity index (χ0v) is 12.1. The lowest BCUT2D eigenvalue weighted by Gasteiger charge is -2.16. The van der Waals surface area contributed by atoms with Crippen LogP contribution in [0.15, 0.2) is 46.9 Å². The van der Waals surface area contributed by atoms with Crippen molar-refractivity contribution in [2.24, 2.45) is 0 Å². The number of rotatable bonds is 5. The first-order chi connectivity index (χ1) is 9.83. The molecule has 1 N–H and O–H groups in total. The van der Waals surface area contributed by atoms with Crippen LogP contribution >= 0.6 is 0 Å². The molecule has 2 aromatic carbocycles. The van der Waals surface area contributed by atoms with E-state index in [1.165, 1.54) is 35.6 Å². The van der Waals surface area contributed by atoms with Gasteiger partial charge in [-0.25, -0.2) is 0 Å². The van der Waals surface area contributed by atoms with Gasteiger partial charge in [-0.1, -0.05) is 44.0 Å². The van der Waals surface area contributed by atoms with E-state index in [1.807, 2.05) is 19.2 Å². The molecular weight excluding hydrogens is 246 g/mol. The van der Waals surface area contributed by atoms with Gasteiger partial charge in [-0.3, -0.25) is 0 Å². The number of nitrogens with one attached hydrogen (secondary N) is 1. The normalized spacial score (nSPS) is 13.1. The van der Waals surface area contributed by atoms with Gasteiger partial charge in [-0.2, -0.15) is 0 Å². The number of hydrogen-bond donors (Lipinski definition) is 1. The lowest BCUT2D eigenvalue weighted by Crippen LogP contribution is -2.16. The van der Waals surface area contributed by atoms with E-state index in [1.54, 1.807) is 0 Å². The molecule has 2 heteroatoms. The van der Waals surface area contributed by atoms with Gasteiger partial charge in [0.05, 0.1) is 0 Å². The van der Waals surface area contributed by atoms with Gasteiger partial charge in [0.2, 0.25) is 0 Å². The van der Waals surface area contributed by atoms with E-state index in [4.69, 9.17) is 4.42 Å². The molecule has 0 bridgehead atoms. The zero-order chi connectivity index (χ0) is 13.9. The van der Waals surface area contributed by atoms with Crippen molar-refractivity contribution in [2.75, 3.05) is 7.05 Å². The van der Waals surface area contributed by atoms with E-state index in [9.17, 15) is 0 Å². The molecule has 0 aliphatic heterocycles. The Morgan fingerprint density at radius 1 is 1.05 bits per heavy atom. The van der Waals surface area contributed by atoms with E-state index in [0.29, 0.717) is 6.04 Å². The number of benzene rings is 2. The molecule has 0 saturated heterocycles. The topological polar surface area (TPSA) is 25.2 Å². The highest BCUT2D eigenvalue weighted by atomic mass is 16.3. The summed E-state index contributed by atoms with van der Waals surface area (Å²) in [5, 5.41) is 5.85. The van der Waals surface area contributed by atoms with Crippen LogP contribution in [0.3, 0.4) is 0 Å². The second-order valence-electron chi connectivity index (χ2n) is 5.34. The second kappa shape index (κ2) is 5.68. The Kier molecular flexibility index (Phi) is 3.75. The van der Waals surface area contributed by atoms with Crippen molar-refractivity contribution in [2.45, 2.75) is 32.2 Å². The van der Waals surface area contributed by atoms with E-state index in [2.05, 4.69) is 42.6 Å². The summed E-state index contributed by atoms with van der Waals surface area (Å²) in [6, 6.07) is 15.2. The number of furan rings is 1. The van der Waals surface area contributed by atoms with Gasteiger partial charge in [0.1, 0.15) is 11.2 Å². The van der Waals surface area contributed by atoms with Gasteiger partial charge < -0.3 is 9.73 Å². The SMILES string of the molecule is CCCCC(NC)c1ccc2oc3ccccc3c2c1. The predicted octanol–water partition coefficient (Wildman–Crippen LogP) is 5.04. The molecule has 104 valence electrons. The van der Waals surface area contributed by atoms with Gasteiger partial charge in [0.15, 0.2) is 0 Å². The summed E-state index contributed by atoms with van der Waals surface area (Å²) in [6.45, 7) is 2.24. The molecular formula is C18H21NO. The molecule has 1 unspecified atom stereocenters. The minimum atomic E-state index is 0.424. The van der Waals surface area contributed by atoms with Crippen molar-refractivity contribution in [1.82, 2.24) is 5.32 Å². The highest BCUT2D eigenvalue weighted by molar-refractivity contribution is 6.05. The minimum Gasteiger partial charge on any atom is -0.456 e. The number of fused-ring (bicyclic) bond motifs is 3. The highest BCUT2D eigenvalue weighted by Gasteiger charge is 2.12. The lowest BCUT2D eigenvalue weighted by molar-refractivity contribution is 0.523. The molecule has 0 radical (unpaired) electrons. The smallest absolute Gasteiger partial charge is 0.135 e. The van der Waals surface area contributed by atoms with E-state index >= 15 is 0 Å². The molecule has 1 heterocycles. The predicted molar refractivity (Wildman–Crippen MR) is 85.0 cm³/mol. The highest BCUT2D eigenvalue weighted by Crippen LogP contribution is 2.31. The third-order valence-electron chi connectivity index (χ3n) is 4.00. The Hall–Kier alpha value is -1.80. The average molecular weight is 267 g/mol. The largest absolute Gasteiger partial charge is 0.456 e. The summed E-state index contributed by atoms with van der Waals surface area (Å²) in [7, 11) is 2.04. The summed E-state index contributed by atoms with van der Waals surface area (Å²) in [6.07, 6.45) is 3.65. The average Bonchev–Trinajstić information content (AvgIpc) is 2.86. The monoisotopic (exact) mass is 267 g/mol. The van der Waals surface area contributed by atoms with Gasteiger partial charge in [0.25, 0.3) is 0 Å². The molecule has 1 atom stereocenters. The van der Waals surface area contributed by atoms with Crippen LogP contribution in [0.2, 0.25) is 0 Å². The minimum absolute atomic E-state index is 0.424. The molecule has 0 saturated carbocycles. The fourth-order valence-electron chi connectivity index (χ4n) is 2.85. The molecule has 2 nitrogen and oxygen atoms in total. The van der Waals surface area contributed by atoms with Gasteiger partial charge >= 0.3 is 0 Å². The zero-order valence-electron chi connectivity index (χ0n) is 12.1. The fourth-order valence-corrected chi connectivity index (χ4v) is 2.85. The van der Waals surface area contributed by atoms with Crippen LogP contribution in [0.5, 0.6) is 0 Å². The summed E-state index contributed by atoms with van der Waals surface area (Å²) in [5.74, 6) is 0.